The summed E-state index contributed by atoms with van der Waals surface area (Å²) in [4.78, 5) is -0.471. The molecule has 0 bridgehead atoms. The Morgan fingerprint density at radius 2 is 1.50 bits per heavy atom. The van der Waals surface area contributed by atoms with Crippen LogP contribution in [0.1, 0.15) is 0 Å². The van der Waals surface area contributed by atoms with Crippen LogP contribution < -0.4 is 56.5 Å². The first-order valence-corrected chi connectivity index (χ1v) is 11.3. The van der Waals surface area contributed by atoms with Gasteiger partial charge in [-0.3, -0.25) is 4.55 Å². The van der Waals surface area contributed by atoms with E-state index in [9.17, 15) is 26.5 Å². The molecule has 2 N–H and O–H groups in total. The monoisotopic (exact) mass is 474 g/mol. The molecular formula is C18H15KN2O7S2. The fraction of sp³-hybridized carbons (Fsp3) is 0.111. The summed E-state index contributed by atoms with van der Waals surface area (Å²) in [6, 6.07) is 12.1. The molecule has 0 amide bonds. The molecule has 0 aliphatic rings. The number of sulfone groups is 1. The Balaban J connectivity index is 0.00000320. The summed E-state index contributed by atoms with van der Waals surface area (Å²) < 4.78 is 56.6. The Morgan fingerprint density at radius 3 is 2.07 bits per heavy atom. The molecule has 9 nitrogen and oxygen atoms in total. The van der Waals surface area contributed by atoms with Crippen molar-refractivity contribution in [3.05, 3.63) is 54.6 Å². The molecule has 3 aromatic rings. The number of aliphatic hydroxyl groups is 1. The number of hydrogen-bond acceptors (Lipinski definition) is 8. The van der Waals surface area contributed by atoms with Crippen LogP contribution in [-0.2, 0) is 20.0 Å². The SMILES string of the molecule is O=S(=O)(O)c1cc(N=Nc2ccc(S(=O)(=O)CCO)cc2)c([O-])c2ccccc12.[K+]. The molecule has 0 atom stereocenters. The minimum Gasteiger partial charge on any atom is -0.871 e. The van der Waals surface area contributed by atoms with Crippen LogP contribution in [0, 0.1) is 0 Å². The third-order valence-corrected chi connectivity index (χ3v) is 6.65. The number of rotatable bonds is 6. The molecule has 12 heteroatoms. The first-order chi connectivity index (χ1) is 13.6. The van der Waals surface area contributed by atoms with Crippen LogP contribution >= 0.6 is 0 Å². The summed E-state index contributed by atoms with van der Waals surface area (Å²) in [5.74, 6) is -0.984. The molecule has 0 aliphatic heterocycles. The number of nitrogens with zero attached hydrogens (tertiary/aromatic N) is 2. The van der Waals surface area contributed by atoms with Crippen molar-refractivity contribution in [3.63, 3.8) is 0 Å². The first-order valence-electron chi connectivity index (χ1n) is 8.19. The van der Waals surface area contributed by atoms with Gasteiger partial charge in [0.15, 0.2) is 9.84 Å². The standard InChI is InChI=1S/C18H16N2O7S2.K/c21-9-10-28(23,24)13-7-5-12(6-8-13)19-20-16-11-17(29(25,26)27)14-3-1-2-4-15(14)18(16)22;/h1-8,11,21-22H,9-10H2,(H,25,26,27);/q;+1/p-1. The second-order valence-corrected chi connectivity index (χ2v) is 9.48. The Hall–Kier alpha value is -1.22. The predicted molar refractivity (Wildman–Crippen MR) is 103 cm³/mol. The van der Waals surface area contributed by atoms with Gasteiger partial charge in [0.05, 0.1) is 28.6 Å². The van der Waals surface area contributed by atoms with Gasteiger partial charge in [-0.2, -0.15) is 18.6 Å². The maximum Gasteiger partial charge on any atom is 1.00 e. The molecule has 152 valence electrons. The van der Waals surface area contributed by atoms with Gasteiger partial charge in [0.1, 0.15) is 4.90 Å². The van der Waals surface area contributed by atoms with E-state index in [1.807, 2.05) is 0 Å². The number of benzene rings is 3. The zero-order valence-electron chi connectivity index (χ0n) is 15.8. The van der Waals surface area contributed by atoms with Gasteiger partial charge in [-0.1, -0.05) is 30.0 Å². The Bertz CT molecular complexity index is 1310. The Labute approximate surface area is 215 Å². The minimum atomic E-state index is -4.61. The fourth-order valence-electron chi connectivity index (χ4n) is 2.66. The summed E-state index contributed by atoms with van der Waals surface area (Å²) in [7, 11) is -8.22. The van der Waals surface area contributed by atoms with Crippen LogP contribution in [0.4, 0.5) is 11.4 Å². The third-order valence-electron chi connectivity index (χ3n) is 4.04. The van der Waals surface area contributed by atoms with Crippen LogP contribution in [0.5, 0.6) is 5.75 Å². The summed E-state index contributed by atoms with van der Waals surface area (Å²) in [5.41, 5.74) is -0.0813. The van der Waals surface area contributed by atoms with Gasteiger partial charge in [-0.25, -0.2) is 8.42 Å². The third kappa shape index (κ3) is 5.52. The van der Waals surface area contributed by atoms with Crippen LogP contribution in [0.15, 0.2) is 74.6 Å². The summed E-state index contributed by atoms with van der Waals surface area (Å²) >= 11 is 0. The summed E-state index contributed by atoms with van der Waals surface area (Å²) in [6.45, 7) is -0.506. The van der Waals surface area contributed by atoms with Crippen molar-refractivity contribution < 1.29 is 83.0 Å². The Morgan fingerprint density at radius 1 is 0.900 bits per heavy atom. The predicted octanol–water partition coefficient (Wildman–Crippen LogP) is -0.654. The van der Waals surface area contributed by atoms with Crippen molar-refractivity contribution in [1.82, 2.24) is 0 Å². The van der Waals surface area contributed by atoms with E-state index in [2.05, 4.69) is 10.2 Å². The average molecular weight is 475 g/mol. The minimum absolute atomic E-state index is 0. The molecule has 0 aromatic heterocycles. The van der Waals surface area contributed by atoms with Crippen molar-refractivity contribution >= 4 is 42.1 Å². The van der Waals surface area contributed by atoms with Gasteiger partial charge < -0.3 is 10.2 Å². The van der Waals surface area contributed by atoms with E-state index in [1.54, 1.807) is 6.07 Å². The van der Waals surface area contributed by atoms with Crippen LogP contribution in [0.3, 0.4) is 0 Å². The molecule has 0 unspecified atom stereocenters. The smallest absolute Gasteiger partial charge is 0.871 e. The van der Waals surface area contributed by atoms with Gasteiger partial charge in [-0.15, -0.1) is 0 Å². The second-order valence-electron chi connectivity index (χ2n) is 5.98. The van der Waals surface area contributed by atoms with E-state index >= 15 is 0 Å². The van der Waals surface area contributed by atoms with E-state index in [0.717, 1.165) is 6.07 Å². The molecule has 30 heavy (non-hydrogen) atoms. The Kier molecular flexibility index (Phi) is 8.29. The molecule has 0 saturated carbocycles. The van der Waals surface area contributed by atoms with E-state index in [1.165, 1.54) is 42.5 Å². The van der Waals surface area contributed by atoms with Gasteiger partial charge >= 0.3 is 51.4 Å². The molecule has 0 fully saturated rings. The van der Waals surface area contributed by atoms with Gasteiger partial charge in [0, 0.05) is 5.39 Å². The molecule has 0 saturated heterocycles. The average Bonchev–Trinajstić information content (AvgIpc) is 2.67. The maximum absolute atomic E-state index is 12.6. The normalized spacial score (nSPS) is 12.2. The maximum atomic E-state index is 12.6. The first kappa shape index (κ1) is 25.0. The molecule has 3 rings (SSSR count). The van der Waals surface area contributed by atoms with E-state index in [4.69, 9.17) is 5.11 Å². The molecule has 0 spiro atoms. The van der Waals surface area contributed by atoms with Gasteiger partial charge in [-0.05, 0) is 35.7 Å². The number of aliphatic hydroxyl groups excluding tert-OH is 1. The molecule has 0 heterocycles. The van der Waals surface area contributed by atoms with Crippen molar-refractivity contribution in [2.75, 3.05) is 12.4 Å². The largest absolute Gasteiger partial charge is 1.00 e. The van der Waals surface area contributed by atoms with E-state index < -0.39 is 43.0 Å². The zero-order chi connectivity index (χ0) is 21.2. The van der Waals surface area contributed by atoms with E-state index in [-0.39, 0.29) is 78.4 Å². The number of azo groups is 1. The van der Waals surface area contributed by atoms with Crippen molar-refractivity contribution in [3.8, 4) is 5.75 Å². The van der Waals surface area contributed by atoms with Crippen LogP contribution in [0.25, 0.3) is 10.8 Å². The van der Waals surface area contributed by atoms with Crippen LogP contribution in [-0.4, -0.2) is 38.9 Å². The van der Waals surface area contributed by atoms with Gasteiger partial charge in [0.2, 0.25) is 0 Å². The molecule has 3 aromatic carbocycles. The summed E-state index contributed by atoms with van der Waals surface area (Å²) in [6.07, 6.45) is 0. The summed E-state index contributed by atoms with van der Waals surface area (Å²) in [5, 5.41) is 29.1. The fourth-order valence-corrected chi connectivity index (χ4v) is 4.40. The number of hydrogen-bond donors (Lipinski definition) is 2. The molecule has 0 radical (unpaired) electrons. The second kappa shape index (κ2) is 9.93. The van der Waals surface area contributed by atoms with Crippen molar-refractivity contribution in [2.45, 2.75) is 9.79 Å². The van der Waals surface area contributed by atoms with Crippen LogP contribution in [0.2, 0.25) is 0 Å². The zero-order valence-corrected chi connectivity index (χ0v) is 20.5. The topological polar surface area (TPSA) is 157 Å². The quantitative estimate of drug-likeness (QED) is 0.273. The van der Waals surface area contributed by atoms with Crippen molar-refractivity contribution in [1.29, 1.82) is 0 Å². The van der Waals surface area contributed by atoms with E-state index in [0.29, 0.717) is 0 Å². The number of fused-ring (bicyclic) bond motifs is 1. The van der Waals surface area contributed by atoms with Crippen molar-refractivity contribution in [2.24, 2.45) is 10.2 Å². The molecular weight excluding hydrogens is 459 g/mol. The van der Waals surface area contributed by atoms with Gasteiger partial charge in [0.25, 0.3) is 10.1 Å². The molecule has 0 aliphatic carbocycles.